The van der Waals surface area contributed by atoms with Crippen LogP contribution in [0.25, 0.3) is 0 Å². The molecule has 2 rings (SSSR count). The molecule has 0 atom stereocenters. The molecule has 0 unspecified atom stereocenters. The van der Waals surface area contributed by atoms with Crippen LogP contribution in [0.2, 0.25) is 0 Å². The highest BCUT2D eigenvalue weighted by Gasteiger charge is 2.14. The summed E-state index contributed by atoms with van der Waals surface area (Å²) < 4.78 is 14.1. The number of nitrogens with zero attached hydrogens (tertiary/aromatic N) is 1. The lowest BCUT2D eigenvalue weighted by Gasteiger charge is -2.10. The predicted octanol–water partition coefficient (Wildman–Crippen LogP) is 3.98. The zero-order valence-electron chi connectivity index (χ0n) is 9.18. The van der Waals surface area contributed by atoms with E-state index >= 15 is 0 Å². The van der Waals surface area contributed by atoms with E-state index in [1.54, 1.807) is 6.20 Å². The maximum absolute atomic E-state index is 13.4. The number of rotatable bonds is 4. The van der Waals surface area contributed by atoms with Gasteiger partial charge < -0.3 is 5.32 Å². The van der Waals surface area contributed by atoms with Crippen LogP contribution in [0.1, 0.15) is 32.1 Å². The van der Waals surface area contributed by atoms with Crippen LogP contribution in [-0.4, -0.2) is 11.5 Å². The maximum Gasteiger partial charge on any atom is 0.166 e. The SMILES string of the molecule is Fc1cc(Br)cnc1NCCC1CCCC1. The summed E-state index contributed by atoms with van der Waals surface area (Å²) in [5.74, 6) is 0.896. The average molecular weight is 287 g/mol. The molecule has 1 N–H and O–H groups in total. The number of hydrogen-bond acceptors (Lipinski definition) is 2. The van der Waals surface area contributed by atoms with Crippen molar-refractivity contribution in [1.29, 1.82) is 0 Å². The Morgan fingerprint density at radius 3 is 2.88 bits per heavy atom. The number of pyridine rings is 1. The highest BCUT2D eigenvalue weighted by molar-refractivity contribution is 9.10. The van der Waals surface area contributed by atoms with Crippen LogP contribution in [0.5, 0.6) is 0 Å². The Morgan fingerprint density at radius 2 is 2.19 bits per heavy atom. The molecule has 1 saturated carbocycles. The van der Waals surface area contributed by atoms with Gasteiger partial charge in [0.1, 0.15) is 0 Å². The first-order valence-corrected chi connectivity index (χ1v) is 6.60. The van der Waals surface area contributed by atoms with Crippen LogP contribution in [0.4, 0.5) is 10.2 Å². The van der Waals surface area contributed by atoms with E-state index in [2.05, 4.69) is 26.2 Å². The molecule has 0 radical (unpaired) electrons. The Hall–Kier alpha value is -0.640. The number of halogens is 2. The van der Waals surface area contributed by atoms with Crippen LogP contribution < -0.4 is 5.32 Å². The largest absolute Gasteiger partial charge is 0.368 e. The summed E-state index contributed by atoms with van der Waals surface area (Å²) in [6, 6.07) is 1.44. The van der Waals surface area contributed by atoms with Crippen LogP contribution in [-0.2, 0) is 0 Å². The van der Waals surface area contributed by atoms with Gasteiger partial charge in [0.25, 0.3) is 0 Å². The topological polar surface area (TPSA) is 24.9 Å². The normalized spacial score (nSPS) is 16.6. The molecular weight excluding hydrogens is 271 g/mol. The first-order valence-electron chi connectivity index (χ1n) is 5.80. The van der Waals surface area contributed by atoms with E-state index in [4.69, 9.17) is 0 Å². The molecule has 0 amide bonds. The van der Waals surface area contributed by atoms with E-state index in [1.165, 1.54) is 31.7 Å². The van der Waals surface area contributed by atoms with E-state index in [0.717, 1.165) is 18.9 Å². The van der Waals surface area contributed by atoms with Gasteiger partial charge in [-0.1, -0.05) is 25.7 Å². The zero-order valence-corrected chi connectivity index (χ0v) is 10.8. The molecule has 1 heterocycles. The van der Waals surface area contributed by atoms with Crippen molar-refractivity contribution in [2.45, 2.75) is 32.1 Å². The third kappa shape index (κ3) is 3.17. The Bertz CT molecular complexity index is 351. The molecule has 0 saturated heterocycles. The fourth-order valence-electron chi connectivity index (χ4n) is 2.24. The van der Waals surface area contributed by atoms with Crippen molar-refractivity contribution >= 4 is 21.7 Å². The summed E-state index contributed by atoms with van der Waals surface area (Å²) in [6.07, 6.45) is 8.11. The van der Waals surface area contributed by atoms with Gasteiger partial charge in [-0.15, -0.1) is 0 Å². The monoisotopic (exact) mass is 286 g/mol. The molecule has 1 fully saturated rings. The van der Waals surface area contributed by atoms with Gasteiger partial charge in [-0.2, -0.15) is 0 Å². The van der Waals surface area contributed by atoms with Crippen LogP contribution in [0.3, 0.4) is 0 Å². The summed E-state index contributed by atoms with van der Waals surface area (Å²) >= 11 is 3.19. The molecule has 2 nitrogen and oxygen atoms in total. The van der Waals surface area contributed by atoms with Gasteiger partial charge in [0.05, 0.1) is 0 Å². The second-order valence-corrected chi connectivity index (χ2v) is 5.27. The highest BCUT2D eigenvalue weighted by Crippen LogP contribution is 2.27. The Labute approximate surface area is 104 Å². The molecule has 4 heteroatoms. The van der Waals surface area contributed by atoms with Gasteiger partial charge >= 0.3 is 0 Å². The summed E-state index contributed by atoms with van der Waals surface area (Å²) in [5.41, 5.74) is 0. The first kappa shape index (κ1) is 11.8. The summed E-state index contributed by atoms with van der Waals surface area (Å²) in [5, 5.41) is 3.06. The number of nitrogens with one attached hydrogen (secondary N) is 1. The van der Waals surface area contributed by atoms with Crippen molar-refractivity contribution in [2.75, 3.05) is 11.9 Å². The van der Waals surface area contributed by atoms with Gasteiger partial charge in [0.15, 0.2) is 11.6 Å². The molecule has 1 aliphatic carbocycles. The molecular formula is C12H16BrFN2. The molecule has 0 spiro atoms. The third-order valence-corrected chi connectivity index (χ3v) is 3.56. The Morgan fingerprint density at radius 1 is 1.44 bits per heavy atom. The van der Waals surface area contributed by atoms with Gasteiger partial charge in [-0.25, -0.2) is 9.37 Å². The average Bonchev–Trinajstić information content (AvgIpc) is 2.74. The van der Waals surface area contributed by atoms with E-state index in [9.17, 15) is 4.39 Å². The van der Waals surface area contributed by atoms with Gasteiger partial charge in [-0.05, 0) is 34.3 Å². The van der Waals surface area contributed by atoms with Gasteiger partial charge in [0, 0.05) is 17.2 Å². The van der Waals surface area contributed by atoms with E-state index in [0.29, 0.717) is 10.3 Å². The van der Waals surface area contributed by atoms with E-state index < -0.39 is 0 Å². The molecule has 16 heavy (non-hydrogen) atoms. The van der Waals surface area contributed by atoms with Crippen molar-refractivity contribution in [3.8, 4) is 0 Å². The number of hydrogen-bond donors (Lipinski definition) is 1. The minimum absolute atomic E-state index is 0.291. The predicted molar refractivity (Wildman–Crippen MR) is 67.0 cm³/mol. The van der Waals surface area contributed by atoms with E-state index in [-0.39, 0.29) is 5.82 Å². The first-order chi connectivity index (χ1) is 7.75. The molecule has 1 aromatic heterocycles. The van der Waals surface area contributed by atoms with Crippen LogP contribution >= 0.6 is 15.9 Å². The van der Waals surface area contributed by atoms with Crippen molar-refractivity contribution in [1.82, 2.24) is 4.98 Å². The Balaban J connectivity index is 1.80. The molecule has 0 aromatic carbocycles. The lowest BCUT2D eigenvalue weighted by Crippen LogP contribution is -2.09. The summed E-state index contributed by atoms with van der Waals surface area (Å²) in [6.45, 7) is 0.816. The molecule has 1 aromatic rings. The lowest BCUT2D eigenvalue weighted by molar-refractivity contribution is 0.517. The fraction of sp³-hybridized carbons (Fsp3) is 0.583. The molecule has 0 aliphatic heterocycles. The standard InChI is InChI=1S/C12H16BrFN2/c13-10-7-11(14)12(16-8-10)15-6-5-9-3-1-2-4-9/h7-9H,1-6H2,(H,15,16). The van der Waals surface area contributed by atoms with Crippen LogP contribution in [0, 0.1) is 11.7 Å². The fourth-order valence-corrected chi connectivity index (χ4v) is 2.54. The maximum atomic E-state index is 13.4. The third-order valence-electron chi connectivity index (χ3n) is 3.13. The molecule has 88 valence electrons. The molecule has 0 bridgehead atoms. The van der Waals surface area contributed by atoms with Gasteiger partial charge in [0.2, 0.25) is 0 Å². The summed E-state index contributed by atoms with van der Waals surface area (Å²) in [7, 11) is 0. The molecule has 1 aliphatic rings. The Kier molecular flexibility index (Phi) is 4.16. The minimum Gasteiger partial charge on any atom is -0.368 e. The number of anilines is 1. The van der Waals surface area contributed by atoms with E-state index in [1.807, 2.05) is 0 Å². The van der Waals surface area contributed by atoms with Gasteiger partial charge in [-0.3, -0.25) is 0 Å². The number of aromatic nitrogens is 1. The van der Waals surface area contributed by atoms with Crippen molar-refractivity contribution < 1.29 is 4.39 Å². The van der Waals surface area contributed by atoms with Crippen LogP contribution in [0.15, 0.2) is 16.7 Å². The second-order valence-electron chi connectivity index (χ2n) is 4.35. The second kappa shape index (κ2) is 5.62. The highest BCUT2D eigenvalue weighted by atomic mass is 79.9. The van der Waals surface area contributed by atoms with Crippen molar-refractivity contribution in [3.63, 3.8) is 0 Å². The zero-order chi connectivity index (χ0) is 11.4. The van der Waals surface area contributed by atoms with Crippen molar-refractivity contribution in [2.24, 2.45) is 5.92 Å². The summed E-state index contributed by atoms with van der Waals surface area (Å²) in [4.78, 5) is 4.01. The smallest absolute Gasteiger partial charge is 0.166 e. The van der Waals surface area contributed by atoms with Crippen molar-refractivity contribution in [3.05, 3.63) is 22.6 Å². The lowest BCUT2D eigenvalue weighted by atomic mass is 10.0. The quantitative estimate of drug-likeness (QED) is 0.906. The minimum atomic E-state index is -0.291.